The summed E-state index contributed by atoms with van der Waals surface area (Å²) in [5.41, 5.74) is 9.81. The Morgan fingerprint density at radius 2 is 1.21 bits per heavy atom. The lowest BCUT2D eigenvalue weighted by Crippen LogP contribution is -2.11. The average Bonchev–Trinajstić information content (AvgIpc) is 2.25. The summed E-state index contributed by atoms with van der Waals surface area (Å²) in [5, 5.41) is 14.8. The highest BCUT2D eigenvalue weighted by Gasteiger charge is 1.86. The number of hydrogen-bond donors (Lipinski definition) is 4. The third-order valence-corrected chi connectivity index (χ3v) is 0.461. The van der Waals surface area contributed by atoms with Gasteiger partial charge < -0.3 is 21.7 Å². The lowest BCUT2D eigenvalue weighted by molar-refractivity contribution is -0.267. The van der Waals surface area contributed by atoms with Gasteiger partial charge in [-0.15, -0.1) is 0 Å². The molecular formula is C10H24N2O7. The second kappa shape index (κ2) is 25.2. The summed E-state index contributed by atoms with van der Waals surface area (Å²) >= 11 is 0. The molecule has 0 fully saturated rings. The summed E-state index contributed by atoms with van der Waals surface area (Å²) in [6.07, 6.45) is 0. The highest BCUT2D eigenvalue weighted by Crippen LogP contribution is 1.75. The lowest BCUT2D eigenvalue weighted by atomic mass is 10.7. The highest BCUT2D eigenvalue weighted by atomic mass is 17.2. The topological polar surface area (TPSA) is 162 Å². The molecule has 0 rings (SSSR count). The molecule has 0 unspecified atom stereocenters. The Labute approximate surface area is 112 Å². The van der Waals surface area contributed by atoms with Gasteiger partial charge in [-0.2, -0.15) is 4.89 Å². The summed E-state index contributed by atoms with van der Waals surface area (Å²) in [5.74, 6) is -2.08. The second-order valence-electron chi connectivity index (χ2n) is 2.60. The Balaban J connectivity index is -0.0000000825. The van der Waals surface area contributed by atoms with E-state index >= 15 is 0 Å². The molecule has 0 heterocycles. The number of carboxylic acids is 2. The van der Waals surface area contributed by atoms with Crippen molar-refractivity contribution in [1.29, 1.82) is 0 Å². The summed E-state index contributed by atoms with van der Waals surface area (Å²) in [4.78, 5) is 36.2. The number of carboxylic acid groups (broad SMARTS) is 2. The average molecular weight is 284 g/mol. The predicted octanol–water partition coefficient (Wildman–Crippen LogP) is -0.413. The largest absolute Gasteiger partial charge is 0.481 e. The molecule has 0 aliphatic rings. The van der Waals surface area contributed by atoms with Crippen molar-refractivity contribution in [2.45, 2.75) is 27.7 Å². The van der Waals surface area contributed by atoms with Crippen LogP contribution in [0.3, 0.4) is 0 Å². The zero-order chi connectivity index (χ0) is 16.3. The first-order valence-electron chi connectivity index (χ1n) is 5.24. The van der Waals surface area contributed by atoms with Gasteiger partial charge in [-0.05, 0) is 6.92 Å². The molecule has 0 bridgehead atoms. The lowest BCUT2D eigenvalue weighted by Gasteiger charge is -1.92. The SMILES string of the molecule is CC(=O)O.CC(=O)O.CCOOC(C)=O.NCCN. The molecule has 0 aromatic heterocycles. The molecule has 0 aliphatic heterocycles. The molecular weight excluding hydrogens is 260 g/mol. The van der Waals surface area contributed by atoms with Crippen molar-refractivity contribution in [3.63, 3.8) is 0 Å². The second-order valence-corrected chi connectivity index (χ2v) is 2.60. The van der Waals surface area contributed by atoms with Gasteiger partial charge in [0.05, 0.1) is 6.61 Å². The molecule has 0 spiro atoms. The maximum absolute atomic E-state index is 9.86. The van der Waals surface area contributed by atoms with Gasteiger partial charge in [-0.1, -0.05) is 0 Å². The molecule has 0 saturated carbocycles. The van der Waals surface area contributed by atoms with E-state index in [0.29, 0.717) is 19.7 Å². The molecule has 0 saturated heterocycles. The molecule has 6 N–H and O–H groups in total. The van der Waals surface area contributed by atoms with E-state index in [1.165, 1.54) is 6.92 Å². The third-order valence-electron chi connectivity index (χ3n) is 0.461. The Kier molecular flexibility index (Phi) is 34.5. The zero-order valence-corrected chi connectivity index (χ0v) is 11.7. The van der Waals surface area contributed by atoms with Crippen LogP contribution in [0.25, 0.3) is 0 Å². The van der Waals surface area contributed by atoms with E-state index in [9.17, 15) is 4.79 Å². The number of hydrogen-bond acceptors (Lipinski definition) is 7. The summed E-state index contributed by atoms with van der Waals surface area (Å²) in [6.45, 7) is 6.79. The maximum atomic E-state index is 9.86. The fourth-order valence-electron chi connectivity index (χ4n) is 0.142. The maximum Gasteiger partial charge on any atom is 0.339 e. The van der Waals surface area contributed by atoms with Gasteiger partial charge in [0, 0.05) is 33.9 Å². The van der Waals surface area contributed by atoms with Crippen molar-refractivity contribution in [2.24, 2.45) is 11.5 Å². The Bertz CT molecular complexity index is 200. The van der Waals surface area contributed by atoms with E-state index in [4.69, 9.17) is 31.3 Å². The molecule has 0 radical (unpaired) electrons. The minimum absolute atomic E-state index is 0.402. The molecule has 0 amide bonds. The van der Waals surface area contributed by atoms with Crippen LogP contribution < -0.4 is 11.5 Å². The summed E-state index contributed by atoms with van der Waals surface area (Å²) < 4.78 is 0. The van der Waals surface area contributed by atoms with Crippen LogP contribution >= 0.6 is 0 Å². The normalized spacial score (nSPS) is 7.26. The van der Waals surface area contributed by atoms with E-state index in [2.05, 4.69) is 9.78 Å². The molecule has 116 valence electrons. The van der Waals surface area contributed by atoms with Crippen LogP contribution in [0.1, 0.15) is 27.7 Å². The van der Waals surface area contributed by atoms with Crippen LogP contribution in [-0.4, -0.2) is 47.8 Å². The van der Waals surface area contributed by atoms with Gasteiger partial charge in [0.1, 0.15) is 0 Å². The van der Waals surface area contributed by atoms with Crippen LogP contribution in [0, 0.1) is 0 Å². The first-order chi connectivity index (χ1) is 8.65. The van der Waals surface area contributed by atoms with E-state index in [0.717, 1.165) is 13.8 Å². The Hall–Kier alpha value is -1.71. The van der Waals surface area contributed by atoms with Gasteiger partial charge in [-0.3, -0.25) is 14.5 Å². The number of carbonyl (C=O) groups excluding carboxylic acids is 1. The zero-order valence-electron chi connectivity index (χ0n) is 11.7. The molecule has 0 aliphatic carbocycles. The van der Waals surface area contributed by atoms with Crippen molar-refractivity contribution in [3.8, 4) is 0 Å². The van der Waals surface area contributed by atoms with Gasteiger partial charge >= 0.3 is 5.97 Å². The summed E-state index contributed by atoms with van der Waals surface area (Å²) in [7, 11) is 0. The van der Waals surface area contributed by atoms with E-state index in [1.807, 2.05) is 0 Å². The van der Waals surface area contributed by atoms with E-state index in [1.54, 1.807) is 6.92 Å². The van der Waals surface area contributed by atoms with Crippen LogP contribution in [0.4, 0.5) is 0 Å². The van der Waals surface area contributed by atoms with Crippen molar-refractivity contribution in [2.75, 3.05) is 19.7 Å². The van der Waals surface area contributed by atoms with Crippen LogP contribution in [0.15, 0.2) is 0 Å². The van der Waals surface area contributed by atoms with Crippen LogP contribution in [0.2, 0.25) is 0 Å². The van der Waals surface area contributed by atoms with Crippen molar-refractivity contribution in [1.82, 2.24) is 0 Å². The molecule has 9 nitrogen and oxygen atoms in total. The first-order valence-corrected chi connectivity index (χ1v) is 5.24. The molecule has 19 heavy (non-hydrogen) atoms. The van der Waals surface area contributed by atoms with Crippen LogP contribution in [0.5, 0.6) is 0 Å². The quantitative estimate of drug-likeness (QED) is 0.398. The number of rotatable bonds is 3. The number of nitrogens with two attached hydrogens (primary N) is 2. The monoisotopic (exact) mass is 284 g/mol. The highest BCUT2D eigenvalue weighted by molar-refractivity contribution is 5.65. The summed E-state index contributed by atoms with van der Waals surface area (Å²) in [6, 6.07) is 0. The Morgan fingerprint density at radius 1 is 0.947 bits per heavy atom. The first kappa shape index (κ1) is 26.0. The van der Waals surface area contributed by atoms with Crippen LogP contribution in [-0.2, 0) is 24.2 Å². The van der Waals surface area contributed by atoms with E-state index < -0.39 is 17.9 Å². The minimum Gasteiger partial charge on any atom is -0.481 e. The number of carbonyl (C=O) groups is 3. The predicted molar refractivity (Wildman–Crippen MR) is 68.1 cm³/mol. The molecule has 0 atom stereocenters. The molecule has 9 heteroatoms. The van der Waals surface area contributed by atoms with Gasteiger partial charge in [0.2, 0.25) is 0 Å². The van der Waals surface area contributed by atoms with Crippen molar-refractivity contribution in [3.05, 3.63) is 0 Å². The fourth-order valence-corrected chi connectivity index (χ4v) is 0.142. The molecule has 0 aromatic rings. The third kappa shape index (κ3) is 307. The molecule has 0 aromatic carbocycles. The van der Waals surface area contributed by atoms with Gasteiger partial charge in [0.15, 0.2) is 0 Å². The smallest absolute Gasteiger partial charge is 0.339 e. The van der Waals surface area contributed by atoms with Gasteiger partial charge in [-0.25, -0.2) is 4.79 Å². The minimum atomic E-state index is -0.833. The Morgan fingerprint density at radius 3 is 1.26 bits per heavy atom. The van der Waals surface area contributed by atoms with Crippen molar-refractivity contribution >= 4 is 17.9 Å². The van der Waals surface area contributed by atoms with E-state index in [-0.39, 0.29) is 0 Å². The standard InChI is InChI=1S/C4H8O3.C2H8N2.2C2H4O2/c1-3-6-7-4(2)5;3-1-2-4;2*1-2(3)4/h3H2,1-2H3;1-4H2;2*1H3,(H,3,4). The van der Waals surface area contributed by atoms with Crippen molar-refractivity contribution < 1.29 is 34.4 Å². The number of aliphatic carboxylic acids is 2. The fraction of sp³-hybridized carbons (Fsp3) is 0.700. The van der Waals surface area contributed by atoms with Gasteiger partial charge in [0.25, 0.3) is 11.9 Å².